The number of hydrogen-bond acceptors (Lipinski definition) is 4. The van der Waals surface area contributed by atoms with Crippen LogP contribution < -0.4 is 15.4 Å². The summed E-state index contributed by atoms with van der Waals surface area (Å²) in [6, 6.07) is 17.0. The van der Waals surface area contributed by atoms with Crippen LogP contribution in [-0.4, -0.2) is 24.5 Å². The van der Waals surface area contributed by atoms with Crippen molar-refractivity contribution in [1.29, 1.82) is 0 Å². The lowest BCUT2D eigenvalue weighted by Crippen LogP contribution is -2.26. The van der Waals surface area contributed by atoms with Crippen molar-refractivity contribution < 1.29 is 9.53 Å². The van der Waals surface area contributed by atoms with Gasteiger partial charge in [0.1, 0.15) is 11.4 Å². The summed E-state index contributed by atoms with van der Waals surface area (Å²) in [5.74, 6) is 0.598. The number of anilines is 2. The minimum Gasteiger partial charge on any atom is -0.497 e. The lowest BCUT2D eigenvalue weighted by atomic mass is 10.1. The molecule has 0 aliphatic heterocycles. The minimum atomic E-state index is -0.209. The van der Waals surface area contributed by atoms with Crippen LogP contribution in [0.15, 0.2) is 60.8 Å². The van der Waals surface area contributed by atoms with Gasteiger partial charge in [-0.1, -0.05) is 23.7 Å². The Morgan fingerprint density at radius 2 is 2.00 bits per heavy atom. The van der Waals surface area contributed by atoms with Crippen LogP contribution in [0.2, 0.25) is 5.02 Å². The topological polar surface area (TPSA) is 63.2 Å². The molecule has 1 aromatic heterocycles. The first-order valence-electron chi connectivity index (χ1n) is 8.95. The number of aromatic nitrogens is 1. The monoisotopic (exact) mass is 395 g/mol. The van der Waals surface area contributed by atoms with Crippen molar-refractivity contribution in [2.45, 2.75) is 13.3 Å². The third-order valence-electron chi connectivity index (χ3n) is 4.29. The van der Waals surface area contributed by atoms with Gasteiger partial charge in [-0.3, -0.25) is 9.78 Å². The van der Waals surface area contributed by atoms with E-state index in [1.165, 1.54) is 0 Å². The van der Waals surface area contributed by atoms with E-state index < -0.39 is 0 Å². The lowest BCUT2D eigenvalue weighted by Gasteiger charge is -2.11. The smallest absolute Gasteiger partial charge is 0.269 e. The summed E-state index contributed by atoms with van der Waals surface area (Å²) in [6.07, 6.45) is 2.33. The second-order valence-electron chi connectivity index (χ2n) is 6.37. The fraction of sp³-hybridized carbons (Fsp3) is 0.182. The Hall–Kier alpha value is -3.05. The van der Waals surface area contributed by atoms with Gasteiger partial charge >= 0.3 is 0 Å². The molecule has 0 fully saturated rings. The molecule has 0 unspecified atom stereocenters. The molecule has 5 nitrogen and oxygen atoms in total. The summed E-state index contributed by atoms with van der Waals surface area (Å²) in [4.78, 5) is 16.6. The van der Waals surface area contributed by atoms with Crippen molar-refractivity contribution in [3.8, 4) is 5.75 Å². The molecule has 0 atom stereocenters. The first-order chi connectivity index (χ1) is 13.5. The van der Waals surface area contributed by atoms with Gasteiger partial charge in [0.2, 0.25) is 0 Å². The number of hydrogen-bond donors (Lipinski definition) is 2. The first kappa shape index (κ1) is 19.7. The van der Waals surface area contributed by atoms with Gasteiger partial charge in [-0.25, -0.2) is 0 Å². The average Bonchev–Trinajstić information content (AvgIpc) is 2.70. The number of nitrogens with one attached hydrogen (secondary N) is 2. The molecule has 28 heavy (non-hydrogen) atoms. The molecule has 1 heterocycles. The van der Waals surface area contributed by atoms with Crippen molar-refractivity contribution in [2.24, 2.45) is 0 Å². The van der Waals surface area contributed by atoms with Gasteiger partial charge in [0.05, 0.1) is 7.11 Å². The van der Waals surface area contributed by atoms with E-state index in [9.17, 15) is 4.79 Å². The number of carbonyl (C=O) groups is 1. The van der Waals surface area contributed by atoms with E-state index >= 15 is 0 Å². The standard InChI is InChI=1S/C22H22ClN3O2/c1-15-12-17(23)6-7-20(15)26-18-9-11-24-21(14-18)22(27)25-10-8-16-4-3-5-19(13-16)28-2/h3-7,9,11-14H,8,10H2,1-2H3,(H,24,26)(H,25,27). The van der Waals surface area contributed by atoms with Crippen LogP contribution in [0.25, 0.3) is 0 Å². The van der Waals surface area contributed by atoms with Gasteiger partial charge in [0.25, 0.3) is 5.91 Å². The number of aryl methyl sites for hydroxylation is 1. The predicted octanol–water partition coefficient (Wildman–Crippen LogP) is 4.77. The van der Waals surface area contributed by atoms with E-state index in [0.29, 0.717) is 23.7 Å². The zero-order chi connectivity index (χ0) is 19.9. The molecular weight excluding hydrogens is 374 g/mol. The summed E-state index contributed by atoms with van der Waals surface area (Å²) in [5.41, 5.74) is 4.20. The van der Waals surface area contributed by atoms with E-state index in [2.05, 4.69) is 15.6 Å². The molecule has 3 aromatic rings. The van der Waals surface area contributed by atoms with Crippen molar-refractivity contribution in [3.05, 3.63) is 82.6 Å². The number of halogens is 1. The fourth-order valence-corrected chi connectivity index (χ4v) is 3.02. The molecule has 144 valence electrons. The molecule has 0 bridgehead atoms. The number of amides is 1. The average molecular weight is 396 g/mol. The third-order valence-corrected chi connectivity index (χ3v) is 4.53. The van der Waals surface area contributed by atoms with Gasteiger partial charge in [-0.2, -0.15) is 0 Å². The Morgan fingerprint density at radius 1 is 1.14 bits per heavy atom. The Kier molecular flexibility index (Phi) is 6.50. The van der Waals surface area contributed by atoms with Crippen molar-refractivity contribution in [2.75, 3.05) is 19.0 Å². The molecule has 6 heteroatoms. The maximum Gasteiger partial charge on any atom is 0.269 e. The van der Waals surface area contributed by atoms with E-state index in [1.54, 1.807) is 19.4 Å². The summed E-state index contributed by atoms with van der Waals surface area (Å²) < 4.78 is 5.22. The zero-order valence-corrected chi connectivity index (χ0v) is 16.6. The second kappa shape index (κ2) is 9.24. The van der Waals surface area contributed by atoms with Gasteiger partial charge in [0.15, 0.2) is 0 Å². The molecule has 3 rings (SSSR count). The molecule has 0 aliphatic carbocycles. The maximum atomic E-state index is 12.4. The SMILES string of the molecule is COc1cccc(CCNC(=O)c2cc(Nc3ccc(Cl)cc3C)ccn2)c1. The van der Waals surface area contributed by atoms with Crippen molar-refractivity contribution in [1.82, 2.24) is 10.3 Å². The molecule has 0 spiro atoms. The number of carbonyl (C=O) groups excluding carboxylic acids is 1. The Morgan fingerprint density at radius 3 is 2.79 bits per heavy atom. The maximum absolute atomic E-state index is 12.4. The molecular formula is C22H22ClN3O2. The van der Waals surface area contributed by atoms with Gasteiger partial charge in [0, 0.05) is 29.1 Å². The first-order valence-corrected chi connectivity index (χ1v) is 9.33. The van der Waals surface area contributed by atoms with Crippen LogP contribution in [0.3, 0.4) is 0 Å². The van der Waals surface area contributed by atoms with E-state index in [1.807, 2.05) is 55.5 Å². The minimum absolute atomic E-state index is 0.209. The molecule has 1 amide bonds. The summed E-state index contributed by atoms with van der Waals surface area (Å²) in [5, 5.41) is 6.89. The summed E-state index contributed by atoms with van der Waals surface area (Å²) in [6.45, 7) is 2.49. The van der Waals surface area contributed by atoms with E-state index in [0.717, 1.165) is 28.3 Å². The van der Waals surface area contributed by atoms with E-state index in [-0.39, 0.29) is 5.91 Å². The molecule has 2 aromatic carbocycles. The van der Waals surface area contributed by atoms with Crippen molar-refractivity contribution >= 4 is 28.9 Å². The summed E-state index contributed by atoms with van der Waals surface area (Å²) >= 11 is 6.00. The quantitative estimate of drug-likeness (QED) is 0.605. The number of nitrogens with zero attached hydrogens (tertiary/aromatic N) is 1. The predicted molar refractivity (Wildman–Crippen MR) is 113 cm³/mol. The van der Waals surface area contributed by atoms with Crippen molar-refractivity contribution in [3.63, 3.8) is 0 Å². The highest BCUT2D eigenvalue weighted by Gasteiger charge is 2.09. The largest absolute Gasteiger partial charge is 0.497 e. The highest BCUT2D eigenvalue weighted by atomic mass is 35.5. The molecule has 0 saturated heterocycles. The number of benzene rings is 2. The van der Waals surface area contributed by atoms with Crippen LogP contribution in [-0.2, 0) is 6.42 Å². The molecule has 2 N–H and O–H groups in total. The van der Waals surface area contributed by atoms with Crippen LogP contribution in [0.4, 0.5) is 11.4 Å². The van der Waals surface area contributed by atoms with E-state index in [4.69, 9.17) is 16.3 Å². The van der Waals surface area contributed by atoms with Gasteiger partial charge in [-0.15, -0.1) is 0 Å². The van der Waals surface area contributed by atoms with Gasteiger partial charge in [-0.05, 0) is 66.9 Å². The van der Waals surface area contributed by atoms with Crippen LogP contribution in [0.1, 0.15) is 21.6 Å². The highest BCUT2D eigenvalue weighted by molar-refractivity contribution is 6.30. The highest BCUT2D eigenvalue weighted by Crippen LogP contribution is 2.23. The number of methoxy groups -OCH3 is 1. The third kappa shape index (κ3) is 5.24. The Labute approximate surface area is 169 Å². The molecule has 0 radical (unpaired) electrons. The van der Waals surface area contributed by atoms with Crippen LogP contribution in [0, 0.1) is 6.92 Å². The number of pyridine rings is 1. The Bertz CT molecular complexity index is 976. The fourth-order valence-electron chi connectivity index (χ4n) is 2.79. The zero-order valence-electron chi connectivity index (χ0n) is 15.8. The molecule has 0 saturated carbocycles. The van der Waals surface area contributed by atoms with Crippen LogP contribution in [0.5, 0.6) is 5.75 Å². The second-order valence-corrected chi connectivity index (χ2v) is 6.81. The number of ether oxygens (including phenoxy) is 1. The summed E-state index contributed by atoms with van der Waals surface area (Å²) in [7, 11) is 1.64. The van der Waals surface area contributed by atoms with Crippen LogP contribution >= 0.6 is 11.6 Å². The number of rotatable bonds is 7. The lowest BCUT2D eigenvalue weighted by molar-refractivity contribution is 0.0949. The molecule has 0 aliphatic rings. The Balaban J connectivity index is 1.60. The van der Waals surface area contributed by atoms with Gasteiger partial charge < -0.3 is 15.4 Å². The normalized spacial score (nSPS) is 10.4.